The van der Waals surface area contributed by atoms with Gasteiger partial charge in [0.1, 0.15) is 0 Å². The Morgan fingerprint density at radius 3 is 0.947 bits per heavy atom. The van der Waals surface area contributed by atoms with Crippen LogP contribution in [0, 0.1) is 0 Å². The van der Waals surface area contributed by atoms with Gasteiger partial charge in [0.2, 0.25) is 0 Å². The Bertz CT molecular complexity index is 5580. The van der Waals surface area contributed by atoms with Gasteiger partial charge in [0.25, 0.3) is 0 Å². The van der Waals surface area contributed by atoms with Gasteiger partial charge in [-0.25, -0.2) is 19.9 Å². The van der Waals surface area contributed by atoms with Crippen molar-refractivity contribution in [2.45, 2.75) is 38.5 Å². The highest BCUT2D eigenvalue weighted by atomic mass is 14.9. The molecule has 2 aliphatic rings. The molecule has 18 rings (SSSR count). The third-order valence-electron chi connectivity index (χ3n) is 19.7. The molecule has 2 aromatic heterocycles. The van der Waals surface area contributed by atoms with Crippen molar-refractivity contribution in [1.82, 2.24) is 19.9 Å². The monoisotopic (exact) mass is 1200 g/mol. The van der Waals surface area contributed by atoms with E-state index >= 15 is 0 Å². The van der Waals surface area contributed by atoms with Crippen molar-refractivity contribution in [2.75, 3.05) is 0 Å². The molecule has 14 aromatic carbocycles. The van der Waals surface area contributed by atoms with Gasteiger partial charge in [0.15, 0.2) is 11.6 Å². The van der Waals surface area contributed by atoms with Crippen LogP contribution in [0.2, 0.25) is 0 Å². The van der Waals surface area contributed by atoms with Crippen LogP contribution in [0.5, 0.6) is 0 Å². The summed E-state index contributed by atoms with van der Waals surface area (Å²) in [5.74, 6) is 1.51. The predicted molar refractivity (Wildman–Crippen MR) is 393 cm³/mol. The lowest BCUT2D eigenvalue weighted by atomic mass is 9.80. The number of hydrogen-bond donors (Lipinski definition) is 0. The summed E-state index contributed by atoms with van der Waals surface area (Å²) >= 11 is 0. The number of benzene rings is 14. The van der Waals surface area contributed by atoms with Crippen LogP contribution in [0.1, 0.15) is 49.9 Å². The van der Waals surface area contributed by atoms with Crippen molar-refractivity contribution in [2.24, 2.45) is 0 Å². The molecule has 94 heavy (non-hydrogen) atoms. The zero-order valence-electron chi connectivity index (χ0n) is 52.8. The molecule has 16 aromatic rings. The molecule has 2 aliphatic carbocycles. The van der Waals surface area contributed by atoms with E-state index in [0.717, 1.165) is 56.7 Å². The van der Waals surface area contributed by atoms with Crippen LogP contribution in [0.25, 0.3) is 155 Å². The lowest BCUT2D eigenvalue weighted by Crippen LogP contribution is -2.17. The van der Waals surface area contributed by atoms with Crippen LogP contribution in [-0.4, -0.2) is 19.9 Å². The van der Waals surface area contributed by atoms with E-state index < -0.39 is 0 Å². The Labute approximate surface area is 548 Å². The summed E-state index contributed by atoms with van der Waals surface area (Å²) in [5, 5.41) is 10.0. The van der Waals surface area contributed by atoms with E-state index in [0.29, 0.717) is 0 Å². The molecule has 2 heterocycles. The average molecular weight is 1200 g/mol. The van der Waals surface area contributed by atoms with Crippen LogP contribution in [0.15, 0.2) is 315 Å². The quantitative estimate of drug-likeness (QED) is 0.142. The highest BCUT2D eigenvalue weighted by Gasteiger charge is 2.41. The molecule has 0 spiro atoms. The maximum absolute atomic E-state index is 5.32. The van der Waals surface area contributed by atoms with E-state index in [-0.39, 0.29) is 10.8 Å². The Balaban J connectivity index is 0.000000145. The van der Waals surface area contributed by atoms with Crippen LogP contribution in [0.4, 0.5) is 0 Å². The van der Waals surface area contributed by atoms with Crippen LogP contribution in [-0.2, 0) is 10.8 Å². The zero-order valence-corrected chi connectivity index (χ0v) is 52.8. The Morgan fingerprint density at radius 2 is 0.511 bits per heavy atom. The number of nitrogens with zero attached hydrogens (tertiary/aromatic N) is 4. The van der Waals surface area contributed by atoms with Crippen LogP contribution < -0.4 is 0 Å². The van der Waals surface area contributed by atoms with Gasteiger partial charge in [-0.15, -0.1) is 0 Å². The van der Waals surface area contributed by atoms with Gasteiger partial charge in [0, 0.05) is 55.3 Å². The van der Waals surface area contributed by atoms with E-state index in [1.807, 2.05) is 24.3 Å². The number of fused-ring (bicyclic) bond motifs is 10. The second-order valence-corrected chi connectivity index (χ2v) is 26.0. The largest absolute Gasteiger partial charge is 0.228 e. The molecule has 0 fully saturated rings. The fourth-order valence-electron chi connectivity index (χ4n) is 15.0. The third-order valence-corrected chi connectivity index (χ3v) is 19.7. The molecule has 0 saturated carbocycles. The molecule has 0 aliphatic heterocycles. The summed E-state index contributed by atoms with van der Waals surface area (Å²) in [6.45, 7) is 9.18. The molecule has 0 unspecified atom stereocenters. The molecule has 4 nitrogen and oxygen atoms in total. The maximum Gasteiger partial charge on any atom is 0.160 e. The molecule has 0 atom stereocenters. The molecule has 0 radical (unpaired) electrons. The van der Waals surface area contributed by atoms with E-state index in [4.69, 9.17) is 19.9 Å². The molecular weight excluding hydrogens is 1140 g/mol. The second-order valence-electron chi connectivity index (χ2n) is 26.0. The fraction of sp³-hybridized carbons (Fsp3) is 0.0667. The van der Waals surface area contributed by atoms with Crippen LogP contribution >= 0.6 is 0 Å². The van der Waals surface area contributed by atoms with Gasteiger partial charge in [-0.05, 0) is 111 Å². The second kappa shape index (κ2) is 22.6. The van der Waals surface area contributed by atoms with E-state index in [2.05, 4.69) is 319 Å². The Morgan fingerprint density at radius 1 is 0.213 bits per heavy atom. The molecule has 0 N–H and O–H groups in total. The minimum absolute atomic E-state index is 0.201. The summed E-state index contributed by atoms with van der Waals surface area (Å²) in [7, 11) is 0. The summed E-state index contributed by atoms with van der Waals surface area (Å²) in [5.41, 5.74) is 25.0. The SMILES string of the molecule is CC1(C)c2ccccc2-c2nc(-c3ccccc3)nc(-c3ccc(-c4c5ccccc5c(-c5ccc6ccccc6c5)c5ccccc45)cc3)c21.CC1(C)c2ccccc2-c2nc(-c3ccccc3)nc(-c3ccc(-c4ccc(-c5ccc6ccccc6c5)cc4)cc3)c21. The number of hydrogen-bond acceptors (Lipinski definition) is 4. The zero-order chi connectivity index (χ0) is 63.1. The van der Waals surface area contributed by atoms with Crippen molar-refractivity contribution in [1.29, 1.82) is 0 Å². The van der Waals surface area contributed by atoms with E-state index in [9.17, 15) is 0 Å². The smallest absolute Gasteiger partial charge is 0.160 e. The van der Waals surface area contributed by atoms with Gasteiger partial charge >= 0.3 is 0 Å². The standard InChI is InChI=1S/C49H34N2.C41H30N2/c1-49(2)42-23-13-12-22-41(42)47-45(49)46(50-48(51-47)34-15-4-3-5-16-34)33-27-25-32(26-28-33)43-37-18-8-10-20-39(37)44(40-21-11-9-19-38(40)43)36-29-24-31-14-6-7-17-35(31)30-36;1-41(2)36-15-9-8-14-35(36)39-37(41)38(42-40(43-39)32-11-4-3-5-12-32)31-23-20-29(21-24-31)28-16-18-30(19-17-28)34-25-22-27-10-6-7-13-33(27)26-34/h3-30H,1-2H3;3-26H,1-2H3. The number of rotatable bonds is 8. The van der Waals surface area contributed by atoms with Gasteiger partial charge < -0.3 is 0 Å². The lowest BCUT2D eigenvalue weighted by molar-refractivity contribution is 0.657. The van der Waals surface area contributed by atoms with Gasteiger partial charge in [0.05, 0.1) is 22.8 Å². The van der Waals surface area contributed by atoms with Gasteiger partial charge in [-0.2, -0.15) is 0 Å². The maximum atomic E-state index is 5.32. The van der Waals surface area contributed by atoms with Crippen molar-refractivity contribution in [3.05, 3.63) is 338 Å². The first-order valence-corrected chi connectivity index (χ1v) is 32.5. The average Bonchev–Trinajstić information content (AvgIpc) is 1.46. The first-order chi connectivity index (χ1) is 46.1. The lowest BCUT2D eigenvalue weighted by Gasteiger charge is -2.24. The minimum atomic E-state index is -0.236. The topological polar surface area (TPSA) is 51.6 Å². The van der Waals surface area contributed by atoms with E-state index in [1.54, 1.807) is 0 Å². The Hall–Kier alpha value is -11.7. The van der Waals surface area contributed by atoms with Gasteiger partial charge in [-0.3, -0.25) is 0 Å². The molecule has 0 amide bonds. The third kappa shape index (κ3) is 9.52. The summed E-state index contributed by atoms with van der Waals surface area (Å²) in [6, 6.07) is 113. The fourth-order valence-corrected chi connectivity index (χ4v) is 15.0. The highest BCUT2D eigenvalue weighted by molar-refractivity contribution is 6.22. The number of aromatic nitrogens is 4. The molecular formula is C90H64N4. The Kier molecular flexibility index (Phi) is 13.5. The van der Waals surface area contributed by atoms with Crippen LogP contribution in [0.3, 0.4) is 0 Å². The summed E-state index contributed by atoms with van der Waals surface area (Å²) < 4.78 is 0. The molecule has 4 heteroatoms. The first kappa shape index (κ1) is 56.3. The normalized spacial score (nSPS) is 13.1. The van der Waals surface area contributed by atoms with Crippen molar-refractivity contribution < 1.29 is 0 Å². The van der Waals surface area contributed by atoms with Gasteiger partial charge in [-0.1, -0.05) is 331 Å². The molecule has 444 valence electrons. The van der Waals surface area contributed by atoms with Crippen molar-refractivity contribution >= 4 is 43.1 Å². The minimum Gasteiger partial charge on any atom is -0.228 e. The van der Waals surface area contributed by atoms with Crippen molar-refractivity contribution in [3.63, 3.8) is 0 Å². The molecule has 0 bridgehead atoms. The van der Waals surface area contributed by atoms with E-state index in [1.165, 1.54) is 121 Å². The predicted octanol–water partition coefficient (Wildman–Crippen LogP) is 23.5. The first-order valence-electron chi connectivity index (χ1n) is 32.5. The van der Waals surface area contributed by atoms with Crippen molar-refractivity contribution in [3.8, 4) is 112 Å². The summed E-state index contributed by atoms with van der Waals surface area (Å²) in [4.78, 5) is 20.9. The highest BCUT2D eigenvalue weighted by Crippen LogP contribution is 2.54. The summed E-state index contributed by atoms with van der Waals surface area (Å²) in [6.07, 6.45) is 0. The molecule has 0 saturated heterocycles.